The molecule has 0 saturated carbocycles. The number of benzene rings is 4. The van der Waals surface area contributed by atoms with E-state index in [-0.39, 0.29) is 69.2 Å². The third-order valence-electron chi connectivity index (χ3n) is 5.81. The van der Waals surface area contributed by atoms with Gasteiger partial charge in [-0.3, -0.25) is 29.8 Å². The number of hydrogen-bond acceptors (Lipinski definition) is 8. The van der Waals surface area contributed by atoms with E-state index < -0.39 is 0 Å². The average molecular weight is 756 g/mol. The zero-order chi connectivity index (χ0) is 35.6. The Hall–Kier alpha value is -5.58. The van der Waals surface area contributed by atoms with Crippen molar-refractivity contribution in [2.45, 2.75) is 25.9 Å². The Morgan fingerprint density at radius 2 is 0.700 bits per heavy atom. The van der Waals surface area contributed by atoms with E-state index >= 15 is 0 Å². The predicted octanol–water partition coefficient (Wildman–Crippen LogP) is 5.25. The van der Waals surface area contributed by atoms with Crippen LogP contribution in [0, 0.1) is 0 Å². The zero-order valence-electron chi connectivity index (χ0n) is 26.9. The van der Waals surface area contributed by atoms with Crippen molar-refractivity contribution in [3.8, 4) is 23.0 Å². The molecular weight excluding hydrogens is 724 g/mol. The van der Waals surface area contributed by atoms with Gasteiger partial charge in [0.25, 0.3) is 0 Å². The van der Waals surface area contributed by atoms with Crippen molar-refractivity contribution in [2.75, 3.05) is 13.1 Å². The molecule has 0 fully saturated rings. The van der Waals surface area contributed by atoms with Crippen molar-refractivity contribution < 1.29 is 54.6 Å². The molecule has 0 amide bonds. The van der Waals surface area contributed by atoms with Crippen LogP contribution in [0.4, 0.5) is 0 Å². The molecule has 0 bridgehead atoms. The summed E-state index contributed by atoms with van der Waals surface area (Å²) < 4.78 is 0. The van der Waals surface area contributed by atoms with Gasteiger partial charge in [-0.05, 0) is 36.1 Å². The fraction of sp³-hybridized carbons (Fsp3) is 0.176. The molecule has 258 valence electrons. The molecule has 2 atom stereocenters. The smallest absolute Gasteiger partial charge is 0.872 e. The molecule has 50 heavy (non-hydrogen) atoms. The van der Waals surface area contributed by atoms with Crippen LogP contribution in [0.15, 0.2) is 117 Å². The number of rotatable bonds is 10. The Bertz CT molecular complexity index is 1610. The second-order valence-electron chi connectivity index (χ2n) is 9.57. The molecule has 4 aromatic rings. The minimum atomic E-state index is -0.0559. The summed E-state index contributed by atoms with van der Waals surface area (Å²) in [4.78, 5) is 20.0. The van der Waals surface area contributed by atoms with Crippen LogP contribution in [-0.2, 0) is 34.1 Å². The summed E-state index contributed by atoms with van der Waals surface area (Å²) in [5.74, 6) is -0.176. The van der Waals surface area contributed by atoms with Crippen molar-refractivity contribution >= 4 is 24.9 Å². The van der Waals surface area contributed by atoms with Gasteiger partial charge in [-0.2, -0.15) is 0 Å². The fourth-order valence-corrected chi connectivity index (χ4v) is 3.47. The van der Waals surface area contributed by atoms with Crippen molar-refractivity contribution in [3.63, 3.8) is 0 Å². The minimum absolute atomic E-state index is 0. The largest absolute Gasteiger partial charge is 3.00 e. The summed E-state index contributed by atoms with van der Waals surface area (Å²) in [7, 11) is 0. The number of aliphatic imine (C=N–C) groups is 4. The molecule has 0 unspecified atom stereocenters. The van der Waals surface area contributed by atoms with E-state index in [1.54, 1.807) is 97.7 Å². The molecule has 4 rings (SSSR count). The van der Waals surface area contributed by atoms with Crippen molar-refractivity contribution in [1.82, 2.24) is 0 Å². The molecule has 14 nitrogen and oxygen atoms in total. The number of hydrogen-bond donors (Lipinski definition) is 0. The maximum Gasteiger partial charge on any atom is 3.00 e. The molecule has 0 aliphatic rings. The van der Waals surface area contributed by atoms with Gasteiger partial charge in [0.1, 0.15) is 0 Å². The standard InChI is InChI=1S/2C17H18N2O2.2Fe.2N3/c2*1-13(19-12-15-7-3-5-9-17(15)21)10-18-11-14-6-2-4-8-16(14)20;;;2*1-3-2/h2*2-9,11-13,20-21H,10H2,1H3;;;;/q;;2*+3;2*-1/p-4/t2*13-;;;;/m10..../s1. The van der Waals surface area contributed by atoms with Crippen LogP contribution < -0.4 is 20.4 Å². The number of para-hydroxylation sites is 4. The van der Waals surface area contributed by atoms with Gasteiger partial charge in [-0.15, -0.1) is 23.0 Å². The Morgan fingerprint density at radius 1 is 0.480 bits per heavy atom. The van der Waals surface area contributed by atoms with Gasteiger partial charge in [-0.25, -0.2) is 0 Å². The second kappa shape index (κ2) is 28.4. The van der Waals surface area contributed by atoms with Gasteiger partial charge in [0.15, 0.2) is 0 Å². The summed E-state index contributed by atoms with van der Waals surface area (Å²) in [5.41, 5.74) is 29.3. The first-order valence-electron chi connectivity index (χ1n) is 14.2. The Balaban J connectivity index is 0. The van der Waals surface area contributed by atoms with E-state index in [9.17, 15) is 20.4 Å². The SMILES string of the molecule is C[C@@H](CN=Cc1ccccc1[O-])N=Cc1ccccc1[O-].C[C@H](CN=Cc1ccccc1[O-])N=Cc1ccccc1[O-].[Fe+3].[Fe+3].[N-]=[N+]=[N-].[N-]=[N+]=[N-]. The maximum atomic E-state index is 11.5. The summed E-state index contributed by atoms with van der Waals surface area (Å²) in [5, 5.41) is 46.0. The first-order chi connectivity index (χ1) is 23.2. The normalized spacial score (nSPS) is 11.2. The topological polar surface area (TPSA) is 259 Å². The summed E-state index contributed by atoms with van der Waals surface area (Å²) in [6.07, 6.45) is 6.28. The van der Waals surface area contributed by atoms with Crippen LogP contribution in [0.5, 0.6) is 23.0 Å². The molecule has 0 aliphatic carbocycles. The van der Waals surface area contributed by atoms with Crippen molar-refractivity contribution in [3.05, 3.63) is 151 Å². The zero-order valence-corrected chi connectivity index (χ0v) is 29.1. The summed E-state index contributed by atoms with van der Waals surface area (Å²) >= 11 is 0. The van der Waals surface area contributed by atoms with Gasteiger partial charge in [0.2, 0.25) is 0 Å². The second-order valence-corrected chi connectivity index (χ2v) is 9.57. The van der Waals surface area contributed by atoms with Crippen LogP contribution in [0.3, 0.4) is 0 Å². The number of nitrogens with zero attached hydrogens (tertiary/aromatic N) is 10. The molecule has 0 N–H and O–H groups in total. The summed E-state index contributed by atoms with van der Waals surface area (Å²) in [6, 6.07) is 26.9. The minimum Gasteiger partial charge on any atom is -0.872 e. The van der Waals surface area contributed by atoms with Crippen molar-refractivity contribution in [2.24, 2.45) is 20.0 Å². The van der Waals surface area contributed by atoms with E-state index in [1.165, 1.54) is 34.1 Å². The first kappa shape index (κ1) is 46.5. The fourth-order valence-electron chi connectivity index (χ4n) is 3.47. The van der Waals surface area contributed by atoms with Gasteiger partial charge in [0.05, 0.1) is 25.2 Å². The monoisotopic (exact) mass is 756 g/mol. The van der Waals surface area contributed by atoms with E-state index in [4.69, 9.17) is 22.1 Å². The summed E-state index contributed by atoms with van der Waals surface area (Å²) in [6.45, 7) is 4.74. The average Bonchev–Trinajstić information content (AvgIpc) is 3.07. The molecule has 0 aromatic heterocycles. The molecule has 0 saturated heterocycles. The van der Waals surface area contributed by atoms with E-state index in [1.807, 2.05) is 13.8 Å². The van der Waals surface area contributed by atoms with Gasteiger partial charge < -0.3 is 42.6 Å². The van der Waals surface area contributed by atoms with Gasteiger partial charge >= 0.3 is 34.1 Å². The maximum absolute atomic E-state index is 11.5. The van der Waals surface area contributed by atoms with Gasteiger partial charge in [0, 0.05) is 24.9 Å². The van der Waals surface area contributed by atoms with Crippen molar-refractivity contribution in [1.29, 1.82) is 0 Å². The van der Waals surface area contributed by atoms with Crippen LogP contribution in [0.2, 0.25) is 0 Å². The van der Waals surface area contributed by atoms with E-state index in [0.29, 0.717) is 35.3 Å². The molecule has 0 heterocycles. The van der Waals surface area contributed by atoms with E-state index in [2.05, 4.69) is 20.0 Å². The molecule has 4 aromatic carbocycles. The van der Waals surface area contributed by atoms with Crippen LogP contribution in [-0.4, -0.2) is 50.0 Å². The Labute approximate surface area is 311 Å². The third-order valence-corrected chi connectivity index (χ3v) is 5.81. The third kappa shape index (κ3) is 19.9. The molecule has 2 radical (unpaired) electrons. The molecule has 0 aliphatic heterocycles. The Morgan fingerprint density at radius 3 is 0.940 bits per heavy atom. The van der Waals surface area contributed by atoms with E-state index in [0.717, 1.165) is 0 Å². The van der Waals surface area contributed by atoms with Crippen LogP contribution >= 0.6 is 0 Å². The van der Waals surface area contributed by atoms with Crippen LogP contribution in [0.25, 0.3) is 31.9 Å². The molecule has 16 heteroatoms. The van der Waals surface area contributed by atoms with Gasteiger partial charge in [-0.1, -0.05) is 97.1 Å². The predicted molar refractivity (Wildman–Crippen MR) is 183 cm³/mol. The molecule has 0 spiro atoms. The quantitative estimate of drug-likeness (QED) is 0.0690. The van der Waals surface area contributed by atoms with Crippen LogP contribution in [0.1, 0.15) is 36.1 Å². The Kier molecular flexibility index (Phi) is 26.5. The molecular formula is C34H32Fe2N10O4. The first-order valence-corrected chi connectivity index (χ1v) is 14.2.